The van der Waals surface area contributed by atoms with Gasteiger partial charge < -0.3 is 24.8 Å². The minimum atomic E-state index is -0.767. The van der Waals surface area contributed by atoms with Gasteiger partial charge in [-0.1, -0.05) is 78.9 Å². The summed E-state index contributed by atoms with van der Waals surface area (Å²) in [6, 6.07) is 23.5. The molecule has 3 aromatic rings. The van der Waals surface area contributed by atoms with Crippen LogP contribution in [0.5, 0.6) is 5.75 Å². The Balaban J connectivity index is 1.31. The normalized spacial score (nSPS) is 19.6. The van der Waals surface area contributed by atoms with Gasteiger partial charge in [-0.25, -0.2) is 9.59 Å². The number of esters is 1. The van der Waals surface area contributed by atoms with E-state index in [-0.39, 0.29) is 56.5 Å². The van der Waals surface area contributed by atoms with Crippen molar-refractivity contribution in [2.24, 2.45) is 0 Å². The molecule has 6 rings (SSSR count). The molecular weight excluding hydrogens is 572 g/mol. The Morgan fingerprint density at radius 2 is 1.69 bits per heavy atom. The lowest BCUT2D eigenvalue weighted by Gasteiger charge is -2.46. The number of benzene rings is 3. The first-order valence-corrected chi connectivity index (χ1v) is 15.0. The Labute approximate surface area is 262 Å². The maximum Gasteiger partial charge on any atom is 0.332 e. The number of rotatable bonds is 9. The molecule has 0 aromatic heterocycles. The van der Waals surface area contributed by atoms with Crippen molar-refractivity contribution in [3.63, 3.8) is 0 Å². The number of anilines is 1. The van der Waals surface area contributed by atoms with Crippen molar-refractivity contribution < 1.29 is 23.9 Å². The zero-order valence-corrected chi connectivity index (χ0v) is 25.2. The molecule has 3 aromatic carbocycles. The zero-order valence-electron chi connectivity index (χ0n) is 25.2. The lowest BCUT2D eigenvalue weighted by Crippen LogP contribution is -2.66. The Bertz CT molecular complexity index is 1600. The van der Waals surface area contributed by atoms with Crippen molar-refractivity contribution in [1.29, 1.82) is 0 Å². The van der Waals surface area contributed by atoms with Gasteiger partial charge in [0, 0.05) is 26.6 Å². The largest absolute Gasteiger partial charge is 0.423 e. The molecule has 2 fully saturated rings. The molecule has 0 saturated carbocycles. The Kier molecular flexibility index (Phi) is 8.52. The molecule has 2 saturated heterocycles. The second-order valence-electron chi connectivity index (χ2n) is 11.4. The molecular formula is C34H36N6O5. The predicted octanol–water partition coefficient (Wildman–Crippen LogP) is 2.78. The number of hydrazine groups is 1. The van der Waals surface area contributed by atoms with Crippen molar-refractivity contribution >= 4 is 29.5 Å². The van der Waals surface area contributed by atoms with Crippen molar-refractivity contribution in [2.75, 3.05) is 38.1 Å². The van der Waals surface area contributed by atoms with E-state index in [1.54, 1.807) is 33.0 Å². The van der Waals surface area contributed by atoms with Crippen LogP contribution in [-0.4, -0.2) is 89.1 Å². The van der Waals surface area contributed by atoms with Gasteiger partial charge in [0.1, 0.15) is 18.8 Å². The highest BCUT2D eigenvalue weighted by molar-refractivity contribution is 5.92. The van der Waals surface area contributed by atoms with Crippen LogP contribution in [0.1, 0.15) is 16.7 Å². The van der Waals surface area contributed by atoms with E-state index in [1.807, 2.05) is 78.7 Å². The monoisotopic (exact) mass is 608 g/mol. The number of piperazine rings is 1. The highest BCUT2D eigenvalue weighted by Crippen LogP contribution is 2.37. The highest BCUT2D eigenvalue weighted by Gasteiger charge is 2.52. The van der Waals surface area contributed by atoms with Crippen LogP contribution >= 0.6 is 0 Å². The van der Waals surface area contributed by atoms with Gasteiger partial charge >= 0.3 is 12.0 Å². The number of carbonyl (C=O) groups is 4. The zero-order chi connectivity index (χ0) is 31.5. The summed E-state index contributed by atoms with van der Waals surface area (Å²) in [5, 5.41) is 6.21. The van der Waals surface area contributed by atoms with Gasteiger partial charge in [0.05, 0.1) is 25.3 Å². The fourth-order valence-corrected chi connectivity index (χ4v) is 6.36. The van der Waals surface area contributed by atoms with Crippen LogP contribution in [0.15, 0.2) is 91.5 Å². The van der Waals surface area contributed by atoms with Gasteiger partial charge in [0.25, 0.3) is 0 Å². The van der Waals surface area contributed by atoms with E-state index in [0.717, 1.165) is 22.4 Å². The first-order valence-electron chi connectivity index (χ1n) is 15.0. The van der Waals surface area contributed by atoms with Crippen molar-refractivity contribution in [1.82, 2.24) is 25.1 Å². The van der Waals surface area contributed by atoms with E-state index >= 15 is 0 Å². The summed E-state index contributed by atoms with van der Waals surface area (Å²) < 4.78 is 5.49. The molecule has 3 aliphatic rings. The summed E-state index contributed by atoms with van der Waals surface area (Å²) in [6.07, 6.45) is 1.37. The third-order valence-corrected chi connectivity index (χ3v) is 8.39. The van der Waals surface area contributed by atoms with Crippen LogP contribution in [-0.2, 0) is 33.9 Å². The van der Waals surface area contributed by atoms with Crippen LogP contribution in [0.3, 0.4) is 0 Å². The minimum Gasteiger partial charge on any atom is -0.423 e. The quantitative estimate of drug-likeness (QED) is 0.226. The lowest BCUT2D eigenvalue weighted by atomic mass is 9.99. The van der Waals surface area contributed by atoms with E-state index < -0.39 is 12.2 Å². The van der Waals surface area contributed by atoms with E-state index in [1.165, 1.54) is 5.01 Å². The number of para-hydroxylation sites is 1. The first-order chi connectivity index (χ1) is 21.8. The molecule has 232 valence electrons. The fraction of sp³-hybridized carbons (Fsp3) is 0.294. The molecule has 4 amide bonds. The SMILES string of the molecule is C=CCN(C(=O)NCc1ccccc1)N1CC(=O)N2[C@@H](Cc3ccccc3)C(=O)N(Cc3cccc4c3N(C)CC(=O)O4)C[C@@H]21. The molecule has 0 spiro atoms. The van der Waals surface area contributed by atoms with Gasteiger partial charge in [0.2, 0.25) is 11.8 Å². The van der Waals surface area contributed by atoms with Crippen LogP contribution in [0, 0.1) is 0 Å². The smallest absolute Gasteiger partial charge is 0.332 e. The van der Waals surface area contributed by atoms with Crippen LogP contribution in [0.2, 0.25) is 0 Å². The predicted molar refractivity (Wildman–Crippen MR) is 168 cm³/mol. The number of ether oxygens (including phenoxy) is 1. The maximum atomic E-state index is 14.2. The number of likely N-dealkylation sites (N-methyl/N-ethyl adjacent to an activating group) is 1. The third-order valence-electron chi connectivity index (χ3n) is 8.39. The standard InChI is InChI=1S/C34H36N6O5/c1-3-17-38(34(44)35-19-25-13-8-5-9-14-25)39-22-30(41)40-27(18-24-11-6-4-7-12-24)33(43)37(21-29(39)40)20-26-15-10-16-28-32(26)36(2)23-31(42)45-28/h3-16,27,29H,1,17-23H2,2H3,(H,35,44)/t27-,29+/m0/s1. The second kappa shape index (κ2) is 12.8. The molecule has 1 N–H and O–H groups in total. The number of urea groups is 1. The van der Waals surface area contributed by atoms with E-state index in [2.05, 4.69) is 11.9 Å². The molecule has 3 aliphatic heterocycles. The third kappa shape index (κ3) is 6.12. The van der Waals surface area contributed by atoms with Gasteiger partial charge in [-0.2, -0.15) is 5.01 Å². The highest BCUT2D eigenvalue weighted by atomic mass is 16.5. The van der Waals surface area contributed by atoms with E-state index in [4.69, 9.17) is 4.74 Å². The molecule has 11 nitrogen and oxygen atoms in total. The molecule has 45 heavy (non-hydrogen) atoms. The summed E-state index contributed by atoms with van der Waals surface area (Å²) in [5.74, 6) is -0.296. The average Bonchev–Trinajstić information content (AvgIpc) is 3.36. The average molecular weight is 609 g/mol. The maximum absolute atomic E-state index is 14.2. The van der Waals surface area contributed by atoms with Crippen molar-refractivity contribution in [3.8, 4) is 5.75 Å². The Morgan fingerprint density at radius 1 is 0.978 bits per heavy atom. The molecule has 3 heterocycles. The topological polar surface area (TPSA) is 106 Å². The number of nitrogens with one attached hydrogen (secondary N) is 1. The van der Waals surface area contributed by atoms with E-state index in [0.29, 0.717) is 18.7 Å². The van der Waals surface area contributed by atoms with Crippen LogP contribution in [0.25, 0.3) is 0 Å². The van der Waals surface area contributed by atoms with E-state index in [9.17, 15) is 19.2 Å². The minimum absolute atomic E-state index is 0.0525. The second-order valence-corrected chi connectivity index (χ2v) is 11.4. The Morgan fingerprint density at radius 3 is 2.40 bits per heavy atom. The number of carbonyl (C=O) groups excluding carboxylic acids is 4. The molecule has 0 aliphatic carbocycles. The number of nitrogens with zero attached hydrogens (tertiary/aromatic N) is 5. The van der Waals surface area contributed by atoms with Gasteiger partial charge in [-0.15, -0.1) is 6.58 Å². The van der Waals surface area contributed by atoms with Crippen LogP contribution < -0.4 is 15.0 Å². The molecule has 0 bridgehead atoms. The number of hydrogen-bond donors (Lipinski definition) is 1. The number of fused-ring (bicyclic) bond motifs is 2. The van der Waals surface area contributed by atoms with Gasteiger partial charge in [0.15, 0.2) is 5.75 Å². The van der Waals surface area contributed by atoms with Crippen molar-refractivity contribution in [3.05, 3.63) is 108 Å². The summed E-state index contributed by atoms with van der Waals surface area (Å²) >= 11 is 0. The van der Waals surface area contributed by atoms with Crippen LogP contribution in [0.4, 0.5) is 10.5 Å². The summed E-state index contributed by atoms with van der Waals surface area (Å²) in [4.78, 5) is 58.8. The summed E-state index contributed by atoms with van der Waals surface area (Å²) in [7, 11) is 1.82. The van der Waals surface area contributed by atoms with Gasteiger partial charge in [-0.3, -0.25) is 14.6 Å². The summed E-state index contributed by atoms with van der Waals surface area (Å²) in [5.41, 5.74) is 3.44. The molecule has 0 radical (unpaired) electrons. The number of hydrogen-bond acceptors (Lipinski definition) is 7. The number of amides is 4. The molecule has 2 atom stereocenters. The first kappa shape index (κ1) is 29.9. The lowest BCUT2D eigenvalue weighted by molar-refractivity contribution is -0.157. The van der Waals surface area contributed by atoms with Crippen molar-refractivity contribution in [2.45, 2.75) is 31.7 Å². The Hall–Kier alpha value is -5.16. The molecule has 0 unspecified atom stereocenters. The van der Waals surface area contributed by atoms with Gasteiger partial charge in [-0.05, 0) is 22.8 Å². The molecule has 11 heteroatoms. The summed E-state index contributed by atoms with van der Waals surface area (Å²) in [6.45, 7) is 4.82. The fourth-order valence-electron chi connectivity index (χ4n) is 6.36.